The molecule has 13 heteroatoms. The van der Waals surface area contributed by atoms with Crippen LogP contribution in [-0.4, -0.2) is 81.9 Å². The first-order chi connectivity index (χ1) is 21.8. The Labute approximate surface area is 272 Å². The van der Waals surface area contributed by atoms with Crippen molar-refractivity contribution in [3.63, 3.8) is 0 Å². The molecule has 3 atom stereocenters. The maximum absolute atomic E-state index is 14.0. The molecule has 1 unspecified atom stereocenters. The molecule has 3 N–H and O–H groups in total. The van der Waals surface area contributed by atoms with E-state index >= 15 is 0 Å². The molecule has 2 fully saturated rings. The van der Waals surface area contributed by atoms with Crippen molar-refractivity contribution in [3.8, 4) is 22.9 Å². The number of ether oxygens (including phenoxy) is 3. The third-order valence-electron chi connectivity index (χ3n) is 8.23. The average Bonchev–Trinajstić information content (AvgIpc) is 3.76. The van der Waals surface area contributed by atoms with Crippen LogP contribution in [0.1, 0.15) is 66.7 Å². The number of pyridine rings is 1. The summed E-state index contributed by atoms with van der Waals surface area (Å²) in [5.74, 6) is -0.521. The summed E-state index contributed by atoms with van der Waals surface area (Å²) in [6.07, 6.45) is 2.18. The van der Waals surface area contributed by atoms with Crippen LogP contribution in [0.5, 0.6) is 11.5 Å². The number of hydrogen-bond acceptors (Lipinski definition) is 10. The number of methoxy groups -OCH3 is 1. The number of carbonyl (C=O) groups is 3. The van der Waals surface area contributed by atoms with Gasteiger partial charge in [0.1, 0.15) is 41.5 Å². The minimum atomic E-state index is -1.14. The lowest BCUT2D eigenvalue weighted by Gasteiger charge is -2.34. The molecular weight excluding hydrogens is 610 g/mol. The fourth-order valence-corrected chi connectivity index (χ4v) is 6.75. The quantitative estimate of drug-likeness (QED) is 0.248. The molecule has 248 valence electrons. The highest BCUT2D eigenvalue weighted by molar-refractivity contribution is 7.14. The summed E-state index contributed by atoms with van der Waals surface area (Å²) < 4.78 is 17.5. The predicted octanol–water partition coefficient (Wildman–Crippen LogP) is 5.70. The van der Waals surface area contributed by atoms with Gasteiger partial charge >= 0.3 is 12.1 Å². The molecule has 0 spiro atoms. The molecule has 2 amide bonds. The lowest BCUT2D eigenvalue weighted by atomic mass is 9.85. The first-order valence-electron chi connectivity index (χ1n) is 15.7. The first kappa shape index (κ1) is 33.2. The normalized spacial score (nSPS) is 19.3. The molecule has 3 heterocycles. The number of aliphatic carboxylic acids is 1. The molecule has 0 radical (unpaired) electrons. The minimum absolute atomic E-state index is 0.0240. The molecule has 12 nitrogen and oxygen atoms in total. The van der Waals surface area contributed by atoms with Crippen molar-refractivity contribution in [2.24, 2.45) is 5.41 Å². The Bertz CT molecular complexity index is 1580. The molecule has 1 aliphatic carbocycles. The van der Waals surface area contributed by atoms with Gasteiger partial charge < -0.3 is 34.9 Å². The van der Waals surface area contributed by atoms with E-state index in [1.54, 1.807) is 25.3 Å². The largest absolute Gasteiger partial charge is 0.497 e. The summed E-state index contributed by atoms with van der Waals surface area (Å²) in [7, 11) is 1.58. The van der Waals surface area contributed by atoms with Crippen LogP contribution in [0.4, 0.5) is 9.93 Å². The number of carboxylic acids is 1. The van der Waals surface area contributed by atoms with E-state index in [0.717, 1.165) is 30.8 Å². The van der Waals surface area contributed by atoms with Crippen molar-refractivity contribution in [2.45, 2.75) is 97.1 Å². The third-order valence-corrected chi connectivity index (χ3v) is 9.01. The van der Waals surface area contributed by atoms with Crippen molar-refractivity contribution in [1.82, 2.24) is 20.2 Å². The van der Waals surface area contributed by atoms with E-state index in [4.69, 9.17) is 24.2 Å². The van der Waals surface area contributed by atoms with Gasteiger partial charge in [0.15, 0.2) is 5.13 Å². The highest BCUT2D eigenvalue weighted by atomic mass is 32.1. The van der Waals surface area contributed by atoms with E-state index in [9.17, 15) is 19.5 Å². The molecule has 5 rings (SSSR count). The van der Waals surface area contributed by atoms with Crippen LogP contribution in [0.2, 0.25) is 0 Å². The second-order valence-electron chi connectivity index (χ2n) is 13.3. The summed E-state index contributed by atoms with van der Waals surface area (Å²) in [5, 5.41) is 19.6. The van der Waals surface area contributed by atoms with Crippen molar-refractivity contribution in [2.75, 3.05) is 19.0 Å². The summed E-state index contributed by atoms with van der Waals surface area (Å²) in [5.41, 5.74) is 1.16. The average molecular weight is 654 g/mol. The summed E-state index contributed by atoms with van der Waals surface area (Å²) in [6.45, 7) is 9.57. The number of nitrogens with one attached hydrogen (secondary N) is 2. The molecule has 1 saturated heterocycles. The van der Waals surface area contributed by atoms with Gasteiger partial charge in [-0.05, 0) is 57.1 Å². The van der Waals surface area contributed by atoms with Gasteiger partial charge in [-0.1, -0.05) is 20.8 Å². The number of amides is 2. The van der Waals surface area contributed by atoms with Crippen LogP contribution in [0.3, 0.4) is 0 Å². The maximum Gasteiger partial charge on any atom is 0.408 e. The molecule has 46 heavy (non-hydrogen) atoms. The lowest BCUT2D eigenvalue weighted by molar-refractivity contribution is -0.150. The molecule has 0 bridgehead atoms. The van der Waals surface area contributed by atoms with Gasteiger partial charge in [-0.3, -0.25) is 4.79 Å². The monoisotopic (exact) mass is 653 g/mol. The zero-order valence-electron chi connectivity index (χ0n) is 27.2. The van der Waals surface area contributed by atoms with Gasteiger partial charge in [-0.15, -0.1) is 11.3 Å². The lowest BCUT2D eigenvalue weighted by Crippen LogP contribution is -2.57. The van der Waals surface area contributed by atoms with Crippen molar-refractivity contribution in [1.29, 1.82) is 0 Å². The Morgan fingerprint density at radius 2 is 1.80 bits per heavy atom. The Morgan fingerprint density at radius 1 is 1.07 bits per heavy atom. The molecule has 2 aliphatic rings. The second-order valence-corrected chi connectivity index (χ2v) is 14.2. The number of thiazole rings is 1. The topological polar surface area (TPSA) is 152 Å². The number of likely N-dealkylation sites (tertiary alicyclic amines) is 1. The fourth-order valence-electron chi connectivity index (χ4n) is 5.90. The van der Waals surface area contributed by atoms with Gasteiger partial charge in [-0.2, -0.15) is 0 Å². The van der Waals surface area contributed by atoms with Crippen LogP contribution in [0.15, 0.2) is 29.6 Å². The first-order valence-corrected chi connectivity index (χ1v) is 16.6. The molecular formula is C33H43N5O7S. The van der Waals surface area contributed by atoms with Crippen LogP contribution >= 0.6 is 11.3 Å². The number of carboxylic acid groups (broad SMARTS) is 1. The van der Waals surface area contributed by atoms with E-state index < -0.39 is 41.6 Å². The van der Waals surface area contributed by atoms with Crippen molar-refractivity contribution in [3.05, 3.63) is 29.6 Å². The molecule has 1 aliphatic heterocycles. The van der Waals surface area contributed by atoms with E-state index in [1.165, 1.54) is 16.2 Å². The minimum Gasteiger partial charge on any atom is -0.497 e. The van der Waals surface area contributed by atoms with E-state index in [-0.39, 0.29) is 25.1 Å². The molecule has 1 aromatic carbocycles. The Kier molecular flexibility index (Phi) is 9.90. The smallest absolute Gasteiger partial charge is 0.408 e. The highest BCUT2D eigenvalue weighted by Crippen LogP contribution is 2.36. The Morgan fingerprint density at radius 3 is 2.46 bits per heavy atom. The number of alkyl carbamates (subject to hydrolysis) is 1. The second kappa shape index (κ2) is 13.7. The van der Waals surface area contributed by atoms with E-state index in [0.29, 0.717) is 33.8 Å². The van der Waals surface area contributed by atoms with Gasteiger partial charge in [0.05, 0.1) is 24.9 Å². The van der Waals surface area contributed by atoms with Gasteiger partial charge in [0.2, 0.25) is 5.91 Å². The summed E-state index contributed by atoms with van der Waals surface area (Å²) in [4.78, 5) is 50.0. The number of rotatable bonds is 10. The van der Waals surface area contributed by atoms with Gasteiger partial charge in [-0.25, -0.2) is 19.6 Å². The van der Waals surface area contributed by atoms with Crippen LogP contribution < -0.4 is 20.1 Å². The number of anilines is 1. The number of aromatic nitrogens is 2. The SMILES string of the molecule is COc1ccc2c(O[C@@H]3CC(C(=O)O)N(C(=O)[C@@H](NC(=O)OC4CCCC4)C(C)(C)C)C3)cc(-c3csc(NC(C)C)n3)nc2c1. The molecule has 2 aromatic heterocycles. The Balaban J connectivity index is 1.41. The van der Waals surface area contributed by atoms with E-state index in [1.807, 2.05) is 46.1 Å². The summed E-state index contributed by atoms with van der Waals surface area (Å²) in [6, 6.07) is 5.33. The maximum atomic E-state index is 14.0. The zero-order valence-corrected chi connectivity index (χ0v) is 28.0. The van der Waals surface area contributed by atoms with Crippen LogP contribution in [-0.2, 0) is 14.3 Å². The number of benzene rings is 1. The van der Waals surface area contributed by atoms with Crippen molar-refractivity contribution < 1.29 is 33.7 Å². The highest BCUT2D eigenvalue weighted by Gasteiger charge is 2.46. The zero-order chi connectivity index (χ0) is 33.2. The summed E-state index contributed by atoms with van der Waals surface area (Å²) >= 11 is 1.47. The Hall–Kier alpha value is -4.13. The van der Waals surface area contributed by atoms with Crippen molar-refractivity contribution >= 4 is 45.3 Å². The van der Waals surface area contributed by atoms with E-state index in [2.05, 4.69) is 10.6 Å². The fraction of sp³-hybridized carbons (Fsp3) is 0.545. The van der Waals surface area contributed by atoms with Crippen LogP contribution in [0, 0.1) is 5.41 Å². The van der Waals surface area contributed by atoms with Crippen LogP contribution in [0.25, 0.3) is 22.3 Å². The van der Waals surface area contributed by atoms with Gasteiger partial charge in [0, 0.05) is 35.4 Å². The number of hydrogen-bond donors (Lipinski definition) is 3. The molecule has 1 saturated carbocycles. The number of carbonyl (C=O) groups excluding carboxylic acids is 2. The predicted molar refractivity (Wildman–Crippen MR) is 175 cm³/mol. The molecule has 3 aromatic rings. The third kappa shape index (κ3) is 7.63. The standard InChI is InChI=1S/C33H43N5O7S/c1-18(2)34-31-36-25(17-46-31)24-15-27(22-12-11-20(43-6)13-23(22)35-24)44-21-14-26(30(40)41)38(16-21)29(39)28(33(3,4)5)37-32(42)45-19-9-7-8-10-19/h11-13,15,17-19,21,26,28H,7-10,14,16H2,1-6H3,(H,34,36)(H,37,42)(H,40,41)/t21-,26?,28-/m1/s1. The number of fused-ring (bicyclic) bond motifs is 1. The number of nitrogens with zero attached hydrogens (tertiary/aromatic N) is 3. The van der Waals surface area contributed by atoms with Gasteiger partial charge in [0.25, 0.3) is 0 Å².